The van der Waals surface area contributed by atoms with E-state index in [0.29, 0.717) is 23.4 Å². The lowest BCUT2D eigenvalue weighted by Gasteiger charge is -2.11. The summed E-state index contributed by atoms with van der Waals surface area (Å²) in [6.07, 6.45) is -14.5. The van der Waals surface area contributed by atoms with Gasteiger partial charge in [-0.15, -0.1) is 11.8 Å². The molecule has 0 amide bonds. The molecule has 1 aromatic heterocycles. The van der Waals surface area contributed by atoms with Gasteiger partial charge in [0.2, 0.25) is 0 Å². The summed E-state index contributed by atoms with van der Waals surface area (Å²) in [4.78, 5) is 0.142. The molecule has 0 aliphatic rings. The highest BCUT2D eigenvalue weighted by atomic mass is 32.2. The monoisotopic (exact) mass is 422 g/mol. The summed E-state index contributed by atoms with van der Waals surface area (Å²) in [5.41, 5.74) is -1.59. The van der Waals surface area contributed by atoms with Crippen LogP contribution in [0.2, 0.25) is 0 Å². The fraction of sp³-hybridized carbons (Fsp3) is 0.400. The highest BCUT2D eigenvalue weighted by Gasteiger charge is 2.39. The topological polar surface area (TPSA) is 17.8 Å². The minimum absolute atomic E-state index is 0.0169. The number of aromatic nitrogens is 2. The number of hydrogen-bond donors (Lipinski definition) is 0. The van der Waals surface area contributed by atoms with Crippen LogP contribution in [-0.2, 0) is 12.7 Å². The van der Waals surface area contributed by atoms with Gasteiger partial charge in [-0.3, -0.25) is 4.68 Å². The van der Waals surface area contributed by atoms with Crippen LogP contribution in [0.4, 0.5) is 39.5 Å². The van der Waals surface area contributed by atoms with E-state index in [4.69, 9.17) is 0 Å². The summed E-state index contributed by atoms with van der Waals surface area (Å²) in [6.45, 7) is -0.435. The first-order chi connectivity index (χ1) is 12.2. The van der Waals surface area contributed by atoms with Crippen molar-refractivity contribution in [2.75, 3.05) is 5.75 Å². The molecule has 0 radical (unpaired) electrons. The zero-order valence-corrected chi connectivity index (χ0v) is 14.2. The molecule has 0 unspecified atom stereocenters. The van der Waals surface area contributed by atoms with Crippen molar-refractivity contribution in [1.82, 2.24) is 9.78 Å². The van der Waals surface area contributed by atoms with Gasteiger partial charge in [0, 0.05) is 10.5 Å². The lowest BCUT2D eigenvalue weighted by molar-refractivity contribution is -0.160. The van der Waals surface area contributed by atoms with E-state index >= 15 is 0 Å². The van der Waals surface area contributed by atoms with E-state index in [1.54, 1.807) is 0 Å². The highest BCUT2D eigenvalue weighted by molar-refractivity contribution is 7.99. The summed E-state index contributed by atoms with van der Waals surface area (Å²) < 4.78 is 113. The molecular formula is C15H11F9N2S. The lowest BCUT2D eigenvalue weighted by Crippen LogP contribution is -2.23. The maximum absolute atomic E-state index is 13.0. The molecule has 27 heavy (non-hydrogen) atoms. The van der Waals surface area contributed by atoms with Gasteiger partial charge >= 0.3 is 18.5 Å². The Morgan fingerprint density at radius 3 is 2.07 bits per heavy atom. The third-order valence-corrected chi connectivity index (χ3v) is 4.50. The lowest BCUT2D eigenvalue weighted by atomic mass is 10.1. The minimum atomic E-state index is -5.07. The normalized spacial score (nSPS) is 13.3. The third kappa shape index (κ3) is 6.08. The molecule has 0 aliphatic heterocycles. The molecule has 0 spiro atoms. The Hall–Kier alpha value is -1.85. The molecule has 2 nitrogen and oxygen atoms in total. The van der Waals surface area contributed by atoms with Gasteiger partial charge in [0.15, 0.2) is 0 Å². The first kappa shape index (κ1) is 21.5. The van der Waals surface area contributed by atoms with E-state index in [9.17, 15) is 39.5 Å². The van der Waals surface area contributed by atoms with Crippen molar-refractivity contribution in [1.29, 1.82) is 0 Å². The standard InChI is InChI=1S/C15H11F9N2S/c1-8-2-3-9(4-11(8)27-7-14(19,20)21)10-5-12(15(22,23)24)26(25-10)6-13(16,17)18/h2-5H,6-7H2,1H3. The Labute approximate surface area is 151 Å². The van der Waals surface area contributed by atoms with Gasteiger partial charge in [-0.2, -0.15) is 44.6 Å². The molecule has 0 atom stereocenters. The van der Waals surface area contributed by atoms with Crippen LogP contribution >= 0.6 is 11.8 Å². The fourth-order valence-corrected chi connectivity index (χ4v) is 2.98. The van der Waals surface area contributed by atoms with E-state index in [2.05, 4.69) is 5.10 Å². The molecule has 2 aromatic rings. The van der Waals surface area contributed by atoms with Crippen LogP contribution in [0.5, 0.6) is 0 Å². The second kappa shape index (κ2) is 7.28. The average molecular weight is 422 g/mol. The summed E-state index contributed by atoms with van der Waals surface area (Å²) in [6, 6.07) is 4.26. The predicted octanol–water partition coefficient (Wildman–Crippen LogP) is 6.09. The Bertz CT molecular complexity index is 803. The van der Waals surface area contributed by atoms with Gasteiger partial charge in [0.1, 0.15) is 12.2 Å². The van der Waals surface area contributed by atoms with Gasteiger partial charge in [0.25, 0.3) is 0 Å². The molecule has 0 saturated carbocycles. The van der Waals surface area contributed by atoms with Gasteiger partial charge in [-0.1, -0.05) is 12.1 Å². The molecule has 150 valence electrons. The van der Waals surface area contributed by atoms with Crippen LogP contribution in [0.1, 0.15) is 11.3 Å². The third-order valence-electron chi connectivity index (χ3n) is 3.27. The zero-order chi connectivity index (χ0) is 20.6. The second-order valence-electron chi connectivity index (χ2n) is 5.57. The van der Waals surface area contributed by atoms with Gasteiger partial charge < -0.3 is 0 Å². The SMILES string of the molecule is Cc1ccc(-c2cc(C(F)(F)F)n(CC(F)(F)F)n2)cc1SCC(F)(F)F. The van der Waals surface area contributed by atoms with E-state index < -0.39 is 42.2 Å². The van der Waals surface area contributed by atoms with Crippen molar-refractivity contribution in [3.63, 3.8) is 0 Å². The Morgan fingerprint density at radius 1 is 0.926 bits per heavy atom. The number of rotatable bonds is 4. The average Bonchev–Trinajstić information content (AvgIpc) is 2.87. The van der Waals surface area contributed by atoms with E-state index in [0.717, 1.165) is 0 Å². The quantitative estimate of drug-likeness (QED) is 0.438. The number of aryl methyl sites for hydroxylation is 1. The zero-order valence-electron chi connectivity index (χ0n) is 13.4. The smallest absolute Gasteiger partial charge is 0.251 e. The number of nitrogens with zero attached hydrogens (tertiary/aromatic N) is 2. The minimum Gasteiger partial charge on any atom is -0.251 e. The maximum Gasteiger partial charge on any atom is 0.433 e. The van der Waals surface area contributed by atoms with E-state index in [-0.39, 0.29) is 15.1 Å². The number of alkyl halides is 9. The van der Waals surface area contributed by atoms with Gasteiger partial charge in [-0.25, -0.2) is 0 Å². The molecular weight excluding hydrogens is 411 g/mol. The largest absolute Gasteiger partial charge is 0.433 e. The number of thioether (sulfide) groups is 1. The molecule has 0 bridgehead atoms. The number of halogens is 9. The van der Waals surface area contributed by atoms with Crippen molar-refractivity contribution in [3.05, 3.63) is 35.5 Å². The van der Waals surface area contributed by atoms with Crippen LogP contribution in [0.25, 0.3) is 11.3 Å². The van der Waals surface area contributed by atoms with Crippen LogP contribution < -0.4 is 0 Å². The first-order valence-electron chi connectivity index (χ1n) is 7.18. The van der Waals surface area contributed by atoms with Crippen LogP contribution in [0.3, 0.4) is 0 Å². The van der Waals surface area contributed by atoms with E-state index in [1.165, 1.54) is 25.1 Å². The molecule has 0 fully saturated rings. The number of hydrogen-bond acceptors (Lipinski definition) is 2. The van der Waals surface area contributed by atoms with Crippen LogP contribution in [0, 0.1) is 6.92 Å². The number of benzene rings is 1. The summed E-state index contributed by atoms with van der Waals surface area (Å²) >= 11 is 0.428. The molecule has 1 aromatic carbocycles. The van der Waals surface area contributed by atoms with Gasteiger partial charge in [0.05, 0.1) is 11.4 Å². The Kier molecular flexibility index (Phi) is 5.79. The van der Waals surface area contributed by atoms with Crippen molar-refractivity contribution in [3.8, 4) is 11.3 Å². The van der Waals surface area contributed by atoms with Gasteiger partial charge in [-0.05, 0) is 24.6 Å². The fourth-order valence-electron chi connectivity index (χ4n) is 2.15. The van der Waals surface area contributed by atoms with Crippen molar-refractivity contribution >= 4 is 11.8 Å². The predicted molar refractivity (Wildman–Crippen MR) is 80.2 cm³/mol. The molecule has 0 N–H and O–H groups in total. The van der Waals surface area contributed by atoms with Crippen molar-refractivity contribution < 1.29 is 39.5 Å². The second-order valence-corrected chi connectivity index (χ2v) is 6.59. The Balaban J connectivity index is 2.43. The molecule has 0 saturated heterocycles. The van der Waals surface area contributed by atoms with Crippen molar-refractivity contribution in [2.45, 2.75) is 36.9 Å². The molecule has 1 heterocycles. The Morgan fingerprint density at radius 2 is 1.56 bits per heavy atom. The first-order valence-corrected chi connectivity index (χ1v) is 8.17. The highest BCUT2D eigenvalue weighted by Crippen LogP contribution is 2.36. The summed E-state index contributed by atoms with van der Waals surface area (Å²) in [5, 5.41) is 3.36. The molecule has 2 rings (SSSR count). The van der Waals surface area contributed by atoms with Crippen molar-refractivity contribution in [2.24, 2.45) is 0 Å². The van der Waals surface area contributed by atoms with Crippen LogP contribution in [0.15, 0.2) is 29.2 Å². The maximum atomic E-state index is 13.0. The van der Waals surface area contributed by atoms with E-state index in [1.807, 2.05) is 0 Å². The summed E-state index contributed by atoms with van der Waals surface area (Å²) in [5.74, 6) is -1.21. The van der Waals surface area contributed by atoms with Crippen LogP contribution in [-0.4, -0.2) is 27.9 Å². The summed E-state index contributed by atoms with van der Waals surface area (Å²) in [7, 11) is 0. The molecule has 0 aliphatic carbocycles. The molecule has 12 heteroatoms.